The van der Waals surface area contributed by atoms with Crippen molar-refractivity contribution in [1.29, 1.82) is 0 Å². The van der Waals surface area contributed by atoms with Crippen molar-refractivity contribution in [3.8, 4) is 0 Å². The first-order valence-electron chi connectivity index (χ1n) is 12.0. The molecule has 2 aromatic rings. The van der Waals surface area contributed by atoms with Crippen LogP contribution < -0.4 is 0 Å². The SMILES string of the molecule is C=CC(C)(C)C(C)(CC(=CC)c1ccc(C(=O)OCC(C)(C)C)c(C)c1)c1cc(C)cc(Cl)c1. The normalized spacial score (nSPS) is 14.5. The molecule has 0 saturated carbocycles. The van der Waals surface area contributed by atoms with Gasteiger partial charge in [-0.15, -0.1) is 6.58 Å². The fourth-order valence-electron chi connectivity index (χ4n) is 4.19. The molecule has 34 heavy (non-hydrogen) atoms. The molecule has 0 radical (unpaired) electrons. The Hall–Kier alpha value is -2.32. The van der Waals surface area contributed by atoms with Crippen LogP contribution in [0, 0.1) is 24.7 Å². The van der Waals surface area contributed by atoms with E-state index in [1.54, 1.807) is 0 Å². The van der Waals surface area contributed by atoms with Gasteiger partial charge in [-0.3, -0.25) is 0 Å². The smallest absolute Gasteiger partial charge is 0.338 e. The van der Waals surface area contributed by atoms with Gasteiger partial charge in [0, 0.05) is 10.4 Å². The summed E-state index contributed by atoms with van der Waals surface area (Å²) in [6.07, 6.45) is 5.01. The van der Waals surface area contributed by atoms with Crippen molar-refractivity contribution in [1.82, 2.24) is 0 Å². The minimum absolute atomic E-state index is 0.0667. The van der Waals surface area contributed by atoms with Crippen molar-refractivity contribution in [2.24, 2.45) is 10.8 Å². The van der Waals surface area contributed by atoms with E-state index in [4.69, 9.17) is 16.3 Å². The number of aryl methyl sites for hydroxylation is 2. The molecule has 0 aliphatic heterocycles. The topological polar surface area (TPSA) is 26.3 Å². The first kappa shape index (κ1) is 27.9. The van der Waals surface area contributed by atoms with Crippen molar-refractivity contribution < 1.29 is 9.53 Å². The third-order valence-corrected chi connectivity index (χ3v) is 7.18. The van der Waals surface area contributed by atoms with Gasteiger partial charge in [-0.25, -0.2) is 4.79 Å². The van der Waals surface area contributed by atoms with Crippen LogP contribution >= 0.6 is 11.6 Å². The molecule has 3 heteroatoms. The van der Waals surface area contributed by atoms with Crippen LogP contribution in [0.15, 0.2) is 55.1 Å². The lowest BCUT2D eigenvalue weighted by Crippen LogP contribution is -2.38. The largest absolute Gasteiger partial charge is 0.462 e. The number of carbonyl (C=O) groups is 1. The van der Waals surface area contributed by atoms with Gasteiger partial charge >= 0.3 is 5.97 Å². The average Bonchev–Trinajstić information content (AvgIpc) is 2.74. The number of rotatable bonds is 8. The molecule has 2 nitrogen and oxygen atoms in total. The second kappa shape index (κ2) is 10.5. The Balaban J connectivity index is 2.45. The van der Waals surface area contributed by atoms with Crippen LogP contribution in [0.1, 0.15) is 87.5 Å². The van der Waals surface area contributed by atoms with Gasteiger partial charge in [0.1, 0.15) is 0 Å². The Morgan fingerprint density at radius 2 is 1.68 bits per heavy atom. The monoisotopic (exact) mass is 480 g/mol. The summed E-state index contributed by atoms with van der Waals surface area (Å²) in [6, 6.07) is 12.3. The molecule has 0 heterocycles. The van der Waals surface area contributed by atoms with Crippen LogP contribution in [0.4, 0.5) is 0 Å². The second-order valence-electron chi connectivity index (χ2n) is 11.4. The van der Waals surface area contributed by atoms with E-state index < -0.39 is 0 Å². The highest BCUT2D eigenvalue weighted by atomic mass is 35.5. The molecular weight excluding hydrogens is 440 g/mol. The number of hydrogen-bond acceptors (Lipinski definition) is 2. The van der Waals surface area contributed by atoms with Crippen LogP contribution in [0.5, 0.6) is 0 Å². The van der Waals surface area contributed by atoms with Gasteiger partial charge in [-0.05, 0) is 84.0 Å². The van der Waals surface area contributed by atoms with Crippen molar-refractivity contribution in [3.63, 3.8) is 0 Å². The number of halogens is 1. The van der Waals surface area contributed by atoms with Crippen LogP contribution in [0.3, 0.4) is 0 Å². The maximum atomic E-state index is 12.7. The lowest BCUT2D eigenvalue weighted by atomic mass is 9.59. The van der Waals surface area contributed by atoms with Crippen LogP contribution in [0.25, 0.3) is 5.57 Å². The molecule has 2 rings (SSSR count). The molecule has 1 unspecified atom stereocenters. The van der Waals surface area contributed by atoms with Crippen molar-refractivity contribution >= 4 is 23.1 Å². The fraction of sp³-hybridized carbons (Fsp3) is 0.452. The summed E-state index contributed by atoms with van der Waals surface area (Å²) in [5.74, 6) is -0.270. The van der Waals surface area contributed by atoms with E-state index in [1.165, 1.54) is 11.1 Å². The molecule has 184 valence electrons. The quantitative estimate of drug-likeness (QED) is 0.278. The predicted molar refractivity (Wildman–Crippen MR) is 147 cm³/mol. The average molecular weight is 481 g/mol. The number of hydrogen-bond donors (Lipinski definition) is 0. The number of ether oxygens (including phenoxy) is 1. The summed E-state index contributed by atoms with van der Waals surface area (Å²) < 4.78 is 5.54. The summed E-state index contributed by atoms with van der Waals surface area (Å²) in [6.45, 7) is 23.6. The van der Waals surface area contributed by atoms with E-state index in [2.05, 4.69) is 86.2 Å². The highest BCUT2D eigenvalue weighted by molar-refractivity contribution is 6.30. The number of carbonyl (C=O) groups excluding carboxylic acids is 1. The van der Waals surface area contributed by atoms with Gasteiger partial charge in [-0.2, -0.15) is 0 Å². The Morgan fingerprint density at radius 3 is 2.18 bits per heavy atom. The number of esters is 1. The van der Waals surface area contributed by atoms with Crippen molar-refractivity contribution in [2.45, 2.75) is 74.1 Å². The van der Waals surface area contributed by atoms with Crippen LogP contribution in [-0.2, 0) is 10.2 Å². The molecule has 2 aromatic carbocycles. The van der Waals surface area contributed by atoms with Gasteiger partial charge in [0.25, 0.3) is 0 Å². The minimum Gasteiger partial charge on any atom is -0.462 e. The fourth-order valence-corrected chi connectivity index (χ4v) is 4.48. The molecule has 0 bridgehead atoms. The Bertz CT molecular complexity index is 1060. The predicted octanol–water partition coefficient (Wildman–Crippen LogP) is 9.12. The zero-order chi connectivity index (χ0) is 25.9. The summed E-state index contributed by atoms with van der Waals surface area (Å²) in [4.78, 5) is 12.7. The van der Waals surface area contributed by atoms with E-state index >= 15 is 0 Å². The van der Waals surface area contributed by atoms with Gasteiger partial charge in [0.05, 0.1) is 12.2 Å². The molecule has 1 atom stereocenters. The summed E-state index contributed by atoms with van der Waals surface area (Å²) in [5, 5.41) is 0.747. The maximum Gasteiger partial charge on any atom is 0.338 e. The summed E-state index contributed by atoms with van der Waals surface area (Å²) in [7, 11) is 0. The molecule has 0 fully saturated rings. The molecule has 0 spiro atoms. The molecule has 0 aliphatic carbocycles. The van der Waals surface area contributed by atoms with Gasteiger partial charge in [-0.1, -0.05) is 83.5 Å². The lowest BCUT2D eigenvalue weighted by molar-refractivity contribution is 0.0366. The molecule has 0 saturated heterocycles. The van der Waals surface area contributed by atoms with E-state index in [1.807, 2.05) is 31.2 Å². The van der Waals surface area contributed by atoms with E-state index in [0.717, 1.165) is 28.1 Å². The molecular formula is C31H41ClO2. The zero-order valence-corrected chi connectivity index (χ0v) is 23.2. The van der Waals surface area contributed by atoms with Crippen LogP contribution in [-0.4, -0.2) is 12.6 Å². The van der Waals surface area contributed by atoms with E-state index in [-0.39, 0.29) is 22.2 Å². The Morgan fingerprint density at radius 1 is 1.03 bits per heavy atom. The van der Waals surface area contributed by atoms with Crippen molar-refractivity contribution in [2.75, 3.05) is 6.61 Å². The minimum atomic E-state index is -0.270. The van der Waals surface area contributed by atoms with E-state index in [0.29, 0.717) is 12.2 Å². The van der Waals surface area contributed by atoms with Gasteiger partial charge < -0.3 is 4.74 Å². The molecule has 0 aromatic heterocycles. The Labute approximate surface area is 212 Å². The van der Waals surface area contributed by atoms with Gasteiger partial charge in [0.15, 0.2) is 0 Å². The molecule has 0 amide bonds. The highest BCUT2D eigenvalue weighted by Gasteiger charge is 2.41. The van der Waals surface area contributed by atoms with Gasteiger partial charge in [0.2, 0.25) is 0 Å². The zero-order valence-electron chi connectivity index (χ0n) is 22.4. The lowest BCUT2D eigenvalue weighted by Gasteiger charge is -2.44. The van der Waals surface area contributed by atoms with E-state index in [9.17, 15) is 4.79 Å². The third-order valence-electron chi connectivity index (χ3n) is 6.96. The summed E-state index contributed by atoms with van der Waals surface area (Å²) >= 11 is 6.47. The standard InChI is InChI=1S/C31H41ClO2/c1-11-23(24-13-14-27(22(4)17-24)28(33)34-20-29(5,6)7)19-31(10,30(8,9)12-2)25-15-21(3)16-26(32)18-25/h11-18H,2,19-20H2,1,3-10H3. The maximum absolute atomic E-state index is 12.7. The first-order chi connectivity index (χ1) is 15.6. The third kappa shape index (κ3) is 6.42. The Kier molecular flexibility index (Phi) is 8.64. The number of benzene rings is 2. The molecule has 0 N–H and O–H groups in total. The highest BCUT2D eigenvalue weighted by Crippen LogP contribution is 2.49. The summed E-state index contributed by atoms with van der Waals surface area (Å²) in [5.41, 5.74) is 5.69. The number of allylic oxidation sites excluding steroid dienone is 3. The molecule has 0 aliphatic rings. The first-order valence-corrected chi connectivity index (χ1v) is 12.4. The second-order valence-corrected chi connectivity index (χ2v) is 11.9. The van der Waals surface area contributed by atoms with Crippen LogP contribution in [0.2, 0.25) is 5.02 Å². The van der Waals surface area contributed by atoms with Crippen molar-refractivity contribution in [3.05, 3.63) is 88.0 Å².